The van der Waals surface area contributed by atoms with Gasteiger partial charge in [0.2, 0.25) is 17.6 Å². The van der Waals surface area contributed by atoms with Gasteiger partial charge in [0.1, 0.15) is 5.75 Å². The van der Waals surface area contributed by atoms with Gasteiger partial charge in [-0.1, -0.05) is 54.4 Å². The van der Waals surface area contributed by atoms with E-state index in [4.69, 9.17) is 14.6 Å². The van der Waals surface area contributed by atoms with Crippen LogP contribution in [-0.4, -0.2) is 61.2 Å². The van der Waals surface area contributed by atoms with E-state index in [-0.39, 0.29) is 73.3 Å². The highest BCUT2D eigenvalue weighted by Gasteiger charge is 2.58. The topological polar surface area (TPSA) is 143 Å². The van der Waals surface area contributed by atoms with Crippen LogP contribution in [0.25, 0.3) is 0 Å². The molecule has 0 fully saturated rings. The van der Waals surface area contributed by atoms with Gasteiger partial charge in [0.05, 0.1) is 19.1 Å². The molecule has 262 valence electrons. The van der Waals surface area contributed by atoms with Gasteiger partial charge in [0.15, 0.2) is 5.78 Å². The van der Waals surface area contributed by atoms with Gasteiger partial charge in [0, 0.05) is 48.1 Å². The fraction of sp³-hybridized carbons (Fsp3) is 0.474. The summed E-state index contributed by atoms with van der Waals surface area (Å²) in [5.74, 6) is -1.31. The minimum atomic E-state index is -1.15. The zero-order valence-corrected chi connectivity index (χ0v) is 29.9. The van der Waals surface area contributed by atoms with Crippen LogP contribution in [0.5, 0.6) is 5.75 Å². The van der Waals surface area contributed by atoms with Crippen LogP contribution >= 0.6 is 15.9 Å². The number of unbranched alkanes of at least 4 members (excludes halogenated alkanes) is 1. The maximum absolute atomic E-state index is 13.5. The van der Waals surface area contributed by atoms with Crippen LogP contribution in [0.15, 0.2) is 70.7 Å². The molecule has 3 aliphatic rings. The van der Waals surface area contributed by atoms with Gasteiger partial charge in [-0.05, 0) is 90.6 Å². The first-order valence-electron chi connectivity index (χ1n) is 17.1. The number of benzene rings is 2. The molecule has 0 unspecified atom stereocenters. The van der Waals surface area contributed by atoms with Crippen molar-refractivity contribution in [2.75, 3.05) is 26.8 Å². The second kappa shape index (κ2) is 16.3. The number of carbonyl (C=O) groups excluding carboxylic acids is 4. The lowest BCUT2D eigenvalue weighted by Gasteiger charge is -2.54. The predicted octanol–water partition coefficient (Wildman–Crippen LogP) is 4.96. The van der Waals surface area contributed by atoms with Crippen LogP contribution in [0.2, 0.25) is 0 Å². The Morgan fingerprint density at radius 2 is 1.82 bits per heavy atom. The van der Waals surface area contributed by atoms with Crippen molar-refractivity contribution in [3.63, 3.8) is 0 Å². The van der Waals surface area contributed by atoms with E-state index in [9.17, 15) is 19.2 Å². The summed E-state index contributed by atoms with van der Waals surface area (Å²) in [6.07, 6.45) is 8.71. The summed E-state index contributed by atoms with van der Waals surface area (Å²) in [4.78, 5) is 51.1. The second-order valence-electron chi connectivity index (χ2n) is 13.5. The number of methoxy groups -OCH3 is 1. The Hall–Kier alpha value is -3.80. The van der Waals surface area contributed by atoms with Gasteiger partial charge in [-0.15, -0.1) is 0 Å². The molecule has 0 bridgehead atoms. The van der Waals surface area contributed by atoms with E-state index in [0.29, 0.717) is 35.8 Å². The van der Waals surface area contributed by atoms with Crippen LogP contribution in [0, 0.1) is 23.7 Å². The van der Waals surface area contributed by atoms with Gasteiger partial charge in [0.25, 0.3) is 5.91 Å². The van der Waals surface area contributed by atoms with Crippen LogP contribution in [0.4, 0.5) is 0 Å². The monoisotopic (exact) mass is 735 g/mol. The molecule has 2 aromatic carbocycles. The first-order valence-corrected chi connectivity index (χ1v) is 17.8. The number of carbonyl (C=O) groups is 4. The Labute approximate surface area is 296 Å². The molecule has 5 rings (SSSR count). The normalized spacial score (nSPS) is 23.6. The van der Waals surface area contributed by atoms with Crippen molar-refractivity contribution in [2.24, 2.45) is 23.7 Å². The number of allylic oxidation sites excluding steroid dienone is 2. The Balaban J connectivity index is 1.38. The summed E-state index contributed by atoms with van der Waals surface area (Å²) in [7, 11) is 1.61. The minimum absolute atomic E-state index is 0.0526. The zero-order chi connectivity index (χ0) is 35.1. The number of nitrogens with one attached hydrogen (secondary N) is 3. The number of hydrogen-bond donors (Lipinski definition) is 4. The number of hydrogen-bond acceptors (Lipinski definition) is 7. The number of ketones is 1. The SMILES string of the molecule is CO[C@]12C=CC(=O)C3=C[C@H](CCCCC(=O)NCC(=O)NCCO)[C@@H](CC(C)C)[C@H](c4cc(C(=O)NCc5ccc(Br)cc5)ccc4O1)[C@@H]32. The molecular weight excluding hydrogens is 690 g/mol. The number of halogens is 1. The first kappa shape index (κ1) is 36.5. The quantitative estimate of drug-likeness (QED) is 0.190. The molecule has 10 nitrogen and oxygen atoms in total. The molecule has 1 aliphatic heterocycles. The van der Waals surface area contributed by atoms with Crippen LogP contribution in [0.3, 0.4) is 0 Å². The lowest BCUT2D eigenvalue weighted by atomic mass is 9.57. The summed E-state index contributed by atoms with van der Waals surface area (Å²) >= 11 is 3.45. The average Bonchev–Trinajstić information content (AvgIpc) is 3.09. The number of ether oxygens (including phenoxy) is 2. The molecule has 0 spiro atoms. The van der Waals surface area contributed by atoms with Gasteiger partial charge < -0.3 is 30.5 Å². The molecule has 5 atom stereocenters. The molecule has 4 N–H and O–H groups in total. The van der Waals surface area contributed by atoms with Crippen molar-refractivity contribution in [1.82, 2.24) is 16.0 Å². The van der Waals surface area contributed by atoms with Crippen molar-refractivity contribution >= 4 is 39.4 Å². The number of aliphatic hydroxyl groups is 1. The highest BCUT2D eigenvalue weighted by Crippen LogP contribution is 2.59. The third kappa shape index (κ3) is 8.51. The Morgan fingerprint density at radius 1 is 1.04 bits per heavy atom. The Morgan fingerprint density at radius 3 is 2.53 bits per heavy atom. The number of amides is 3. The van der Waals surface area contributed by atoms with E-state index in [1.807, 2.05) is 36.4 Å². The van der Waals surface area contributed by atoms with E-state index in [1.165, 1.54) is 0 Å². The third-order valence-electron chi connectivity index (χ3n) is 9.68. The molecule has 11 heteroatoms. The maximum Gasteiger partial charge on any atom is 0.251 e. The van der Waals surface area contributed by atoms with Crippen molar-refractivity contribution in [2.45, 2.75) is 64.2 Å². The molecule has 3 amide bonds. The van der Waals surface area contributed by atoms with Crippen LogP contribution in [0.1, 0.15) is 73.4 Å². The highest BCUT2D eigenvalue weighted by molar-refractivity contribution is 9.10. The first-order chi connectivity index (χ1) is 23.5. The van der Waals surface area contributed by atoms with E-state index in [1.54, 1.807) is 25.3 Å². The summed E-state index contributed by atoms with van der Waals surface area (Å²) < 4.78 is 13.7. The van der Waals surface area contributed by atoms with Gasteiger partial charge in [-0.2, -0.15) is 0 Å². The molecule has 0 saturated heterocycles. The highest BCUT2D eigenvalue weighted by atomic mass is 79.9. The average molecular weight is 737 g/mol. The maximum atomic E-state index is 13.5. The molecule has 49 heavy (non-hydrogen) atoms. The van der Waals surface area contributed by atoms with Crippen molar-refractivity contribution in [3.05, 3.63) is 87.4 Å². The molecule has 2 aliphatic carbocycles. The fourth-order valence-corrected chi connectivity index (χ4v) is 7.72. The third-order valence-corrected chi connectivity index (χ3v) is 10.2. The van der Waals surface area contributed by atoms with Crippen molar-refractivity contribution in [1.29, 1.82) is 0 Å². The predicted molar refractivity (Wildman–Crippen MR) is 189 cm³/mol. The molecular formula is C38H46BrN3O7. The van der Waals surface area contributed by atoms with E-state index >= 15 is 0 Å². The standard InChI is InChI=1S/C38H46BrN3O7/c1-23(2)18-28-25(6-4-5-7-33(45)41-22-34(46)40-16-17-43)19-29-31(44)14-15-38(48-3)36(29)35(28)30-20-26(10-13-32(30)49-38)37(47)42-21-24-8-11-27(39)12-9-24/h8-15,19-20,23,25,28,35-36,43H,4-7,16-18,21-22H2,1-3H3,(H,40,46)(H,41,45)(H,42,47)/t25-,28+,35+,36+,38+/m0/s1. The number of fused-ring (bicyclic) bond motifs is 2. The second-order valence-corrected chi connectivity index (χ2v) is 14.4. The van der Waals surface area contributed by atoms with E-state index in [0.717, 1.165) is 34.9 Å². The molecule has 1 heterocycles. The Kier molecular flexibility index (Phi) is 12.1. The largest absolute Gasteiger partial charge is 0.458 e. The summed E-state index contributed by atoms with van der Waals surface area (Å²) in [6.45, 7) is 4.63. The minimum Gasteiger partial charge on any atom is -0.458 e. The molecule has 2 aromatic rings. The fourth-order valence-electron chi connectivity index (χ4n) is 7.46. The number of aliphatic hydroxyl groups excluding tert-OH is 1. The number of rotatable bonds is 15. The van der Waals surface area contributed by atoms with Gasteiger partial charge >= 0.3 is 0 Å². The molecule has 0 saturated carbocycles. The summed E-state index contributed by atoms with van der Waals surface area (Å²) in [5.41, 5.74) is 3.08. The molecule has 0 aromatic heterocycles. The van der Waals surface area contributed by atoms with E-state index < -0.39 is 5.79 Å². The zero-order valence-electron chi connectivity index (χ0n) is 28.3. The van der Waals surface area contributed by atoms with Crippen molar-refractivity contribution in [3.8, 4) is 5.75 Å². The Bertz CT molecular complexity index is 1600. The summed E-state index contributed by atoms with van der Waals surface area (Å²) in [6, 6.07) is 13.3. The van der Waals surface area contributed by atoms with Crippen LogP contribution in [-0.2, 0) is 25.7 Å². The summed E-state index contributed by atoms with van der Waals surface area (Å²) in [5, 5.41) is 17.0. The van der Waals surface area contributed by atoms with Gasteiger partial charge in [-0.25, -0.2) is 0 Å². The lowest BCUT2D eigenvalue weighted by molar-refractivity contribution is -0.180. The molecule has 0 radical (unpaired) electrons. The smallest absolute Gasteiger partial charge is 0.251 e. The van der Waals surface area contributed by atoms with Crippen molar-refractivity contribution < 1.29 is 33.8 Å². The van der Waals surface area contributed by atoms with E-state index in [2.05, 4.69) is 51.8 Å². The van der Waals surface area contributed by atoms with Gasteiger partial charge in [-0.3, -0.25) is 19.2 Å². The van der Waals surface area contributed by atoms with Crippen LogP contribution < -0.4 is 20.7 Å². The lowest BCUT2D eigenvalue weighted by Crippen LogP contribution is -2.56.